The second-order valence-electron chi connectivity index (χ2n) is 7.56. The van der Waals surface area contributed by atoms with Gasteiger partial charge in [0.15, 0.2) is 21.3 Å². The first-order valence-corrected chi connectivity index (χ1v) is 13.6. The highest BCUT2D eigenvalue weighted by Crippen LogP contribution is 2.44. The summed E-state index contributed by atoms with van der Waals surface area (Å²) in [5.41, 5.74) is 0.928. The molecule has 0 aromatic heterocycles. The summed E-state index contributed by atoms with van der Waals surface area (Å²) in [5.74, 6) is 2.22. The van der Waals surface area contributed by atoms with E-state index < -0.39 is 10.1 Å². The normalized spacial score (nSPS) is 10.8. The van der Waals surface area contributed by atoms with E-state index in [0.717, 1.165) is 22.0 Å². The zero-order valence-corrected chi connectivity index (χ0v) is 22.1. The zero-order chi connectivity index (χ0) is 26.1. The van der Waals surface area contributed by atoms with Gasteiger partial charge in [0, 0.05) is 12.1 Å². The van der Waals surface area contributed by atoms with Gasteiger partial charge in [-0.15, -0.1) is 0 Å². The van der Waals surface area contributed by atoms with Crippen molar-refractivity contribution in [2.24, 2.45) is 0 Å². The van der Waals surface area contributed by atoms with Gasteiger partial charge >= 0.3 is 0 Å². The lowest BCUT2D eigenvalue weighted by molar-refractivity contribution is 0.361. The predicted molar refractivity (Wildman–Crippen MR) is 140 cm³/mol. The minimum absolute atomic E-state index is 0.178. The van der Waals surface area contributed by atoms with Crippen molar-refractivity contribution in [2.45, 2.75) is 26.5 Å². The van der Waals surface area contributed by atoms with E-state index in [1.807, 2.05) is 31.2 Å². The molecular weight excluding hydrogens is 496 g/mol. The maximum Gasteiger partial charge on any atom is 0.250 e. The molecule has 0 saturated heterocycles. The van der Waals surface area contributed by atoms with Crippen molar-refractivity contribution in [1.29, 1.82) is 0 Å². The Kier molecular flexibility index (Phi) is 9.41. The van der Waals surface area contributed by atoms with E-state index >= 15 is 0 Å². The summed E-state index contributed by atoms with van der Waals surface area (Å²) in [6.07, 6.45) is 0. The van der Waals surface area contributed by atoms with E-state index in [9.17, 15) is 13.0 Å². The molecule has 0 aliphatic heterocycles. The van der Waals surface area contributed by atoms with Crippen LogP contribution in [0.2, 0.25) is 0 Å². The van der Waals surface area contributed by atoms with Crippen LogP contribution in [0, 0.1) is 6.92 Å². The summed E-state index contributed by atoms with van der Waals surface area (Å²) < 4.78 is 48.0. The Morgan fingerprint density at radius 2 is 1.11 bits per heavy atom. The highest BCUT2D eigenvalue weighted by molar-refractivity contribution is 7.97. The number of rotatable bonds is 7. The van der Waals surface area contributed by atoms with Gasteiger partial charge in [0.2, 0.25) is 4.90 Å². The smallest absolute Gasteiger partial charge is 0.250 e. The molecule has 8 heteroatoms. The van der Waals surface area contributed by atoms with Gasteiger partial charge in [-0.2, -0.15) is 0 Å². The molecular formula is C28H28O6S2. The third kappa shape index (κ3) is 6.81. The quantitative estimate of drug-likeness (QED) is 0.228. The van der Waals surface area contributed by atoms with Crippen LogP contribution in [0.15, 0.2) is 117 Å². The molecule has 0 unspecified atom stereocenters. The minimum atomic E-state index is -4.27. The number of benzene rings is 4. The summed E-state index contributed by atoms with van der Waals surface area (Å²) in [6, 6.07) is 30.4. The molecule has 6 nitrogen and oxygen atoms in total. The monoisotopic (exact) mass is 524 g/mol. The van der Waals surface area contributed by atoms with Gasteiger partial charge in [-0.3, -0.25) is 0 Å². The van der Waals surface area contributed by atoms with Crippen molar-refractivity contribution < 1.29 is 27.2 Å². The molecule has 4 aromatic rings. The molecule has 0 spiro atoms. The molecule has 0 bridgehead atoms. The summed E-state index contributed by atoms with van der Waals surface area (Å²) in [7, 11) is 0.370. The van der Waals surface area contributed by atoms with E-state index in [1.54, 1.807) is 33.5 Å². The van der Waals surface area contributed by atoms with Crippen molar-refractivity contribution in [3.63, 3.8) is 0 Å². The third-order valence-electron chi connectivity index (χ3n) is 5.14. The van der Waals surface area contributed by atoms with Gasteiger partial charge in [-0.1, -0.05) is 54.1 Å². The van der Waals surface area contributed by atoms with Gasteiger partial charge in [-0.05, 0) is 43.3 Å². The number of ether oxygens (including phenoxy) is 3. The van der Waals surface area contributed by atoms with E-state index in [4.69, 9.17) is 14.2 Å². The third-order valence-corrected chi connectivity index (χ3v) is 8.29. The van der Waals surface area contributed by atoms with Crippen LogP contribution in [-0.2, 0) is 21.0 Å². The highest BCUT2D eigenvalue weighted by Gasteiger charge is 2.36. The highest BCUT2D eigenvalue weighted by atomic mass is 32.2. The van der Waals surface area contributed by atoms with Gasteiger partial charge in [0.25, 0.3) is 0 Å². The second-order valence-corrected chi connectivity index (χ2v) is 10.9. The van der Waals surface area contributed by atoms with E-state index in [-0.39, 0.29) is 15.8 Å². The first-order valence-electron chi connectivity index (χ1n) is 11.0. The maximum atomic E-state index is 10.4. The molecule has 0 saturated carbocycles. The van der Waals surface area contributed by atoms with Crippen molar-refractivity contribution in [1.82, 2.24) is 0 Å². The summed E-state index contributed by atoms with van der Waals surface area (Å²) >= 11 is 0. The van der Waals surface area contributed by atoms with Crippen LogP contribution < -0.4 is 14.2 Å². The van der Waals surface area contributed by atoms with Gasteiger partial charge in [0.1, 0.15) is 26.8 Å². The first-order chi connectivity index (χ1) is 17.3. The van der Waals surface area contributed by atoms with Crippen molar-refractivity contribution in [2.75, 3.05) is 21.3 Å². The molecule has 0 aliphatic rings. The lowest BCUT2D eigenvalue weighted by Gasteiger charge is -2.15. The standard InChI is InChI=1S/C21H21O3S.C7H8O3S/c1-22-16-14-19(23-2)21(20(15-16)24-3)25(17-10-6-4-7-11-17)18-12-8-5-9-13-18;1-6-2-4-7(5-3-6)11(8,9)10/h4-15H,1-3H3;2-5H,1H3,(H,8,9,10)/q+1;/p-1. The molecule has 0 atom stereocenters. The van der Waals surface area contributed by atoms with Crippen LogP contribution in [0.4, 0.5) is 0 Å². The predicted octanol–water partition coefficient (Wildman–Crippen LogP) is 5.71. The minimum Gasteiger partial charge on any atom is -0.744 e. The Morgan fingerprint density at radius 3 is 1.47 bits per heavy atom. The molecule has 36 heavy (non-hydrogen) atoms. The fourth-order valence-electron chi connectivity index (χ4n) is 3.36. The number of hydrogen-bond donors (Lipinski definition) is 0. The average molecular weight is 525 g/mol. The lowest BCUT2D eigenvalue weighted by atomic mass is 10.2. The Morgan fingerprint density at radius 1 is 0.667 bits per heavy atom. The summed E-state index contributed by atoms with van der Waals surface area (Å²) in [5, 5.41) is 0. The lowest BCUT2D eigenvalue weighted by Crippen LogP contribution is -2.09. The topological polar surface area (TPSA) is 84.9 Å². The second kappa shape index (κ2) is 12.5. The molecule has 0 fully saturated rings. The van der Waals surface area contributed by atoms with E-state index in [2.05, 4.69) is 48.5 Å². The van der Waals surface area contributed by atoms with Crippen LogP contribution in [0.5, 0.6) is 17.2 Å². The zero-order valence-electron chi connectivity index (χ0n) is 20.5. The molecule has 0 radical (unpaired) electrons. The molecule has 4 rings (SSSR count). The number of aryl methyl sites for hydroxylation is 1. The van der Waals surface area contributed by atoms with E-state index in [0.29, 0.717) is 5.75 Å². The van der Waals surface area contributed by atoms with Crippen LogP contribution in [0.1, 0.15) is 5.56 Å². The first kappa shape index (κ1) is 27.1. The molecule has 0 N–H and O–H groups in total. The Bertz CT molecular complexity index is 1290. The molecule has 0 aliphatic carbocycles. The average Bonchev–Trinajstić information content (AvgIpc) is 2.90. The largest absolute Gasteiger partial charge is 0.744 e. The van der Waals surface area contributed by atoms with Crippen molar-refractivity contribution in [3.05, 3.63) is 103 Å². The fourth-order valence-corrected chi connectivity index (χ4v) is 6.12. The maximum absolute atomic E-state index is 10.4. The van der Waals surface area contributed by atoms with Crippen LogP contribution in [0.25, 0.3) is 0 Å². The SMILES string of the molecule is COc1cc(OC)c([S+](c2ccccc2)c2ccccc2)c(OC)c1.Cc1ccc(S(=O)(=O)[O-])cc1. The number of hydrogen-bond acceptors (Lipinski definition) is 6. The van der Waals surface area contributed by atoms with Gasteiger partial charge < -0.3 is 18.8 Å². The number of methoxy groups -OCH3 is 3. The van der Waals surface area contributed by atoms with Crippen molar-refractivity contribution >= 4 is 21.0 Å². The molecule has 188 valence electrons. The van der Waals surface area contributed by atoms with Crippen molar-refractivity contribution in [3.8, 4) is 17.2 Å². The molecule has 4 aromatic carbocycles. The molecule has 0 heterocycles. The fraction of sp³-hybridized carbons (Fsp3) is 0.143. The Hall–Kier alpha value is -3.46. The van der Waals surface area contributed by atoms with Crippen LogP contribution in [-0.4, -0.2) is 34.3 Å². The van der Waals surface area contributed by atoms with Gasteiger partial charge in [0.05, 0.1) is 26.2 Å². The summed E-state index contributed by atoms with van der Waals surface area (Å²) in [6.45, 7) is 1.82. The van der Waals surface area contributed by atoms with Crippen LogP contribution >= 0.6 is 0 Å². The van der Waals surface area contributed by atoms with Crippen LogP contribution in [0.3, 0.4) is 0 Å². The van der Waals surface area contributed by atoms with E-state index in [1.165, 1.54) is 21.9 Å². The summed E-state index contributed by atoms with van der Waals surface area (Å²) in [4.78, 5) is 3.25. The molecule has 0 amide bonds. The Labute approximate surface area is 215 Å². The Balaban J connectivity index is 0.000000275. The van der Waals surface area contributed by atoms with Gasteiger partial charge in [-0.25, -0.2) is 8.42 Å².